The number of nitrogens with zero attached hydrogens (tertiary/aromatic N) is 1. The Morgan fingerprint density at radius 1 is 1.21 bits per heavy atom. The Labute approximate surface area is 114 Å². The van der Waals surface area contributed by atoms with Crippen molar-refractivity contribution >= 4 is 6.09 Å². The van der Waals surface area contributed by atoms with Crippen LogP contribution in [-0.4, -0.2) is 46.2 Å². The maximum Gasteiger partial charge on any atom is 0.410 e. The minimum atomic E-state index is -1.27. The first-order chi connectivity index (χ1) is 8.78. The first kappa shape index (κ1) is 14.6. The summed E-state index contributed by atoms with van der Waals surface area (Å²) in [5.41, 5.74) is -0.485. The second kappa shape index (κ2) is 5.29. The number of aliphatic hydroxyl groups excluding tert-OH is 1. The number of rotatable bonds is 3. The van der Waals surface area contributed by atoms with Crippen LogP contribution in [0, 0.1) is 17.8 Å². The standard InChI is InChI=1S/C14H25NO4/c1-14(2,3)19-13(18)15-7-6-10(8-15)11(12(16)17)9-4-5-9/h9-12,16-17H,4-8H2,1-3H3. The highest BCUT2D eigenvalue weighted by Crippen LogP contribution is 2.44. The van der Waals surface area contributed by atoms with Gasteiger partial charge in [-0.1, -0.05) is 0 Å². The van der Waals surface area contributed by atoms with Crippen LogP contribution in [0.15, 0.2) is 0 Å². The highest BCUT2D eigenvalue weighted by molar-refractivity contribution is 5.68. The van der Waals surface area contributed by atoms with Gasteiger partial charge in [-0.2, -0.15) is 0 Å². The van der Waals surface area contributed by atoms with Crippen molar-refractivity contribution in [1.82, 2.24) is 4.90 Å². The quantitative estimate of drug-likeness (QED) is 0.765. The Balaban J connectivity index is 1.90. The minimum Gasteiger partial charge on any atom is -0.444 e. The summed E-state index contributed by atoms with van der Waals surface area (Å²) in [5, 5.41) is 19.0. The summed E-state index contributed by atoms with van der Waals surface area (Å²) in [6.07, 6.45) is 1.42. The van der Waals surface area contributed by atoms with Gasteiger partial charge in [-0.3, -0.25) is 0 Å². The highest BCUT2D eigenvalue weighted by Gasteiger charge is 2.44. The van der Waals surface area contributed by atoms with Crippen LogP contribution in [0.2, 0.25) is 0 Å². The lowest BCUT2D eigenvalue weighted by Crippen LogP contribution is -2.37. The lowest BCUT2D eigenvalue weighted by Gasteiger charge is -2.27. The molecule has 0 radical (unpaired) electrons. The fourth-order valence-corrected chi connectivity index (χ4v) is 2.95. The van der Waals surface area contributed by atoms with Crippen molar-refractivity contribution in [2.24, 2.45) is 17.8 Å². The summed E-state index contributed by atoms with van der Waals surface area (Å²) in [6.45, 7) is 6.78. The Morgan fingerprint density at radius 2 is 1.84 bits per heavy atom. The molecule has 1 saturated carbocycles. The fourth-order valence-electron chi connectivity index (χ4n) is 2.95. The molecule has 0 aromatic heterocycles. The SMILES string of the molecule is CC(C)(C)OC(=O)N1CCC(C(C(O)O)C2CC2)C1. The maximum absolute atomic E-state index is 12.0. The van der Waals surface area contributed by atoms with Gasteiger partial charge in [0.05, 0.1) is 0 Å². The van der Waals surface area contributed by atoms with Gasteiger partial charge >= 0.3 is 6.09 Å². The van der Waals surface area contributed by atoms with Gasteiger partial charge in [-0.05, 0) is 51.9 Å². The van der Waals surface area contributed by atoms with Crippen LogP contribution in [-0.2, 0) is 4.74 Å². The number of hydrogen-bond acceptors (Lipinski definition) is 4. The average Bonchev–Trinajstić information content (AvgIpc) is 2.92. The molecule has 2 fully saturated rings. The second-order valence-electron chi connectivity index (χ2n) is 6.80. The zero-order chi connectivity index (χ0) is 14.2. The van der Waals surface area contributed by atoms with Gasteiger partial charge in [0.15, 0.2) is 6.29 Å². The van der Waals surface area contributed by atoms with E-state index in [0.29, 0.717) is 19.0 Å². The molecule has 5 heteroatoms. The molecular weight excluding hydrogens is 246 g/mol. The molecule has 0 aromatic rings. The third-order valence-corrected chi connectivity index (χ3v) is 3.93. The summed E-state index contributed by atoms with van der Waals surface area (Å²) in [5.74, 6) is 0.510. The van der Waals surface area contributed by atoms with Gasteiger partial charge in [0.25, 0.3) is 0 Å². The summed E-state index contributed by atoms with van der Waals surface area (Å²) in [6, 6.07) is 0. The molecule has 2 N–H and O–H groups in total. The van der Waals surface area contributed by atoms with Crippen molar-refractivity contribution in [3.05, 3.63) is 0 Å². The van der Waals surface area contributed by atoms with Gasteiger partial charge in [0.1, 0.15) is 5.60 Å². The molecule has 0 aromatic carbocycles. The summed E-state index contributed by atoms with van der Waals surface area (Å²) < 4.78 is 5.35. The third kappa shape index (κ3) is 3.83. The zero-order valence-electron chi connectivity index (χ0n) is 12.0. The van der Waals surface area contributed by atoms with Crippen LogP contribution < -0.4 is 0 Å². The topological polar surface area (TPSA) is 70.0 Å². The molecule has 1 aliphatic carbocycles. The van der Waals surface area contributed by atoms with E-state index in [2.05, 4.69) is 0 Å². The molecule has 2 rings (SSSR count). The van der Waals surface area contributed by atoms with Crippen molar-refractivity contribution < 1.29 is 19.7 Å². The van der Waals surface area contributed by atoms with Gasteiger partial charge in [0, 0.05) is 19.0 Å². The molecule has 1 heterocycles. The number of carbonyl (C=O) groups excluding carboxylic acids is 1. The van der Waals surface area contributed by atoms with Crippen molar-refractivity contribution in [1.29, 1.82) is 0 Å². The Bertz CT molecular complexity index is 331. The van der Waals surface area contributed by atoms with Crippen LogP contribution in [0.1, 0.15) is 40.0 Å². The number of amides is 1. The van der Waals surface area contributed by atoms with E-state index in [4.69, 9.17) is 4.74 Å². The molecule has 2 unspecified atom stereocenters. The molecule has 0 bridgehead atoms. The lowest BCUT2D eigenvalue weighted by atomic mass is 9.87. The zero-order valence-corrected chi connectivity index (χ0v) is 12.0. The number of likely N-dealkylation sites (tertiary alicyclic amines) is 1. The summed E-state index contributed by atoms with van der Waals surface area (Å²) in [4.78, 5) is 13.7. The normalized spacial score (nSPS) is 25.8. The first-order valence-electron chi connectivity index (χ1n) is 7.12. The molecule has 110 valence electrons. The largest absolute Gasteiger partial charge is 0.444 e. The molecule has 2 aliphatic rings. The molecule has 1 saturated heterocycles. The number of ether oxygens (including phenoxy) is 1. The Kier molecular flexibility index (Phi) is 4.06. The summed E-state index contributed by atoms with van der Waals surface area (Å²) in [7, 11) is 0. The molecule has 1 amide bonds. The monoisotopic (exact) mass is 271 g/mol. The van der Waals surface area contributed by atoms with E-state index in [1.54, 1.807) is 4.90 Å². The van der Waals surface area contributed by atoms with Gasteiger partial charge in [-0.15, -0.1) is 0 Å². The third-order valence-electron chi connectivity index (χ3n) is 3.93. The Morgan fingerprint density at radius 3 is 2.32 bits per heavy atom. The number of hydrogen-bond donors (Lipinski definition) is 2. The lowest BCUT2D eigenvalue weighted by molar-refractivity contribution is -0.106. The first-order valence-corrected chi connectivity index (χ1v) is 7.12. The van der Waals surface area contributed by atoms with E-state index < -0.39 is 11.9 Å². The second-order valence-corrected chi connectivity index (χ2v) is 6.80. The van der Waals surface area contributed by atoms with Gasteiger partial charge < -0.3 is 19.8 Å². The van der Waals surface area contributed by atoms with E-state index >= 15 is 0 Å². The minimum absolute atomic E-state index is 0.0903. The van der Waals surface area contributed by atoms with Crippen molar-refractivity contribution in [2.75, 3.05) is 13.1 Å². The molecule has 19 heavy (non-hydrogen) atoms. The van der Waals surface area contributed by atoms with Crippen LogP contribution in [0.4, 0.5) is 4.79 Å². The molecule has 2 atom stereocenters. The van der Waals surface area contributed by atoms with E-state index in [1.165, 1.54) is 0 Å². The maximum atomic E-state index is 12.0. The predicted molar refractivity (Wildman–Crippen MR) is 70.4 cm³/mol. The van der Waals surface area contributed by atoms with Crippen LogP contribution in [0.5, 0.6) is 0 Å². The molecule has 1 aliphatic heterocycles. The summed E-state index contributed by atoms with van der Waals surface area (Å²) >= 11 is 0. The fraction of sp³-hybridized carbons (Fsp3) is 0.929. The van der Waals surface area contributed by atoms with Crippen molar-refractivity contribution in [2.45, 2.75) is 51.9 Å². The van der Waals surface area contributed by atoms with Crippen LogP contribution in [0.25, 0.3) is 0 Å². The van der Waals surface area contributed by atoms with E-state index in [-0.39, 0.29) is 17.9 Å². The highest BCUT2D eigenvalue weighted by atomic mass is 16.6. The molecule has 5 nitrogen and oxygen atoms in total. The molecular formula is C14H25NO4. The van der Waals surface area contributed by atoms with Crippen LogP contribution >= 0.6 is 0 Å². The smallest absolute Gasteiger partial charge is 0.410 e. The number of carbonyl (C=O) groups is 1. The predicted octanol–water partition coefficient (Wildman–Crippen LogP) is 1.58. The molecule has 0 spiro atoms. The average molecular weight is 271 g/mol. The van der Waals surface area contributed by atoms with Crippen molar-refractivity contribution in [3.63, 3.8) is 0 Å². The van der Waals surface area contributed by atoms with Crippen molar-refractivity contribution in [3.8, 4) is 0 Å². The van der Waals surface area contributed by atoms with Gasteiger partial charge in [0.2, 0.25) is 0 Å². The van der Waals surface area contributed by atoms with E-state index in [0.717, 1.165) is 19.3 Å². The van der Waals surface area contributed by atoms with Gasteiger partial charge in [-0.25, -0.2) is 4.79 Å². The Hall–Kier alpha value is -0.810. The van der Waals surface area contributed by atoms with E-state index in [1.807, 2.05) is 20.8 Å². The van der Waals surface area contributed by atoms with Crippen LogP contribution in [0.3, 0.4) is 0 Å². The van der Waals surface area contributed by atoms with E-state index in [9.17, 15) is 15.0 Å². The number of aliphatic hydroxyl groups is 2.